The van der Waals surface area contributed by atoms with Gasteiger partial charge in [-0.2, -0.15) is 13.2 Å². The lowest BCUT2D eigenvalue weighted by Gasteiger charge is -2.29. The number of carbonyl (C=O) groups is 1. The highest BCUT2D eigenvalue weighted by atomic mass is 32.2. The Kier molecular flexibility index (Phi) is 5.54. The molecule has 0 amide bonds. The number of hydrogen-bond donors (Lipinski definition) is 2. The van der Waals surface area contributed by atoms with Crippen LogP contribution in [0.5, 0.6) is 0 Å². The minimum atomic E-state index is -4.27. The minimum absolute atomic E-state index is 0.0164. The van der Waals surface area contributed by atoms with E-state index in [1.807, 2.05) is 0 Å². The van der Waals surface area contributed by atoms with Crippen molar-refractivity contribution < 1.29 is 31.5 Å². The Labute approximate surface area is 137 Å². The summed E-state index contributed by atoms with van der Waals surface area (Å²) in [5.41, 5.74) is 0.666. The molecule has 2 rings (SSSR count). The van der Waals surface area contributed by atoms with Gasteiger partial charge in [-0.15, -0.1) is 0 Å². The van der Waals surface area contributed by atoms with Gasteiger partial charge < -0.3 is 5.11 Å². The van der Waals surface area contributed by atoms with E-state index >= 15 is 0 Å². The van der Waals surface area contributed by atoms with Crippen molar-refractivity contribution in [1.82, 2.24) is 4.72 Å². The van der Waals surface area contributed by atoms with Crippen molar-refractivity contribution in [3.8, 4) is 0 Å². The topological polar surface area (TPSA) is 83.5 Å². The van der Waals surface area contributed by atoms with E-state index in [0.29, 0.717) is 5.56 Å². The Morgan fingerprint density at radius 2 is 1.67 bits per heavy atom. The fraction of sp³-hybridized carbons (Fsp3) is 0.533. The van der Waals surface area contributed by atoms with E-state index in [2.05, 4.69) is 4.72 Å². The second kappa shape index (κ2) is 7.10. The summed E-state index contributed by atoms with van der Waals surface area (Å²) >= 11 is 0. The summed E-state index contributed by atoms with van der Waals surface area (Å²) in [5, 5.41) is 7.97. The fourth-order valence-electron chi connectivity index (χ4n) is 2.77. The van der Waals surface area contributed by atoms with Crippen LogP contribution in [0.1, 0.15) is 41.6 Å². The largest absolute Gasteiger partial charge is 0.478 e. The number of sulfonamides is 1. The summed E-state index contributed by atoms with van der Waals surface area (Å²) in [6.07, 6.45) is -4.66. The molecule has 1 aromatic carbocycles. The molecule has 1 aromatic rings. The fourth-order valence-corrected chi connectivity index (χ4v) is 4.26. The molecule has 0 aromatic heterocycles. The van der Waals surface area contributed by atoms with Crippen LogP contribution < -0.4 is 4.72 Å². The molecule has 0 radical (unpaired) electrons. The average molecular weight is 365 g/mol. The lowest BCUT2D eigenvalue weighted by molar-refractivity contribution is -0.181. The Hall–Kier alpha value is -1.61. The Morgan fingerprint density at radius 3 is 2.12 bits per heavy atom. The summed E-state index contributed by atoms with van der Waals surface area (Å²) in [4.78, 5) is 10.7. The van der Waals surface area contributed by atoms with Crippen LogP contribution in [0.15, 0.2) is 24.3 Å². The third-order valence-corrected chi connectivity index (χ3v) is 6.15. The summed E-state index contributed by atoms with van der Waals surface area (Å²) in [7, 11) is -3.71. The molecule has 134 valence electrons. The normalized spacial score (nSPS) is 22.3. The van der Waals surface area contributed by atoms with Crippen LogP contribution in [0.2, 0.25) is 0 Å². The van der Waals surface area contributed by atoms with Crippen molar-refractivity contribution in [2.75, 3.05) is 0 Å². The monoisotopic (exact) mass is 365 g/mol. The molecular formula is C15H18F3NO4S. The van der Waals surface area contributed by atoms with Gasteiger partial charge in [-0.1, -0.05) is 12.1 Å². The van der Waals surface area contributed by atoms with E-state index in [-0.39, 0.29) is 37.8 Å². The molecule has 0 aliphatic heterocycles. The van der Waals surface area contributed by atoms with Gasteiger partial charge in [0, 0.05) is 6.54 Å². The van der Waals surface area contributed by atoms with E-state index in [4.69, 9.17) is 5.11 Å². The lowest BCUT2D eigenvalue weighted by Crippen LogP contribution is -2.38. The maximum Gasteiger partial charge on any atom is 0.391 e. The molecule has 1 aliphatic rings. The number of carboxylic acids is 1. The zero-order chi connectivity index (χ0) is 18.0. The van der Waals surface area contributed by atoms with Gasteiger partial charge in [0.1, 0.15) is 0 Å². The van der Waals surface area contributed by atoms with Gasteiger partial charge >= 0.3 is 12.1 Å². The molecule has 9 heteroatoms. The zero-order valence-electron chi connectivity index (χ0n) is 12.7. The summed E-state index contributed by atoms with van der Waals surface area (Å²) in [6, 6.07) is 5.71. The number of rotatable bonds is 5. The Balaban J connectivity index is 1.91. The first-order valence-corrected chi connectivity index (χ1v) is 9.01. The molecule has 0 unspecified atom stereocenters. The van der Waals surface area contributed by atoms with Crippen molar-refractivity contribution in [3.05, 3.63) is 35.4 Å². The first-order valence-electron chi connectivity index (χ1n) is 7.47. The number of carboxylic acid groups (broad SMARTS) is 1. The van der Waals surface area contributed by atoms with E-state index in [1.54, 1.807) is 0 Å². The van der Waals surface area contributed by atoms with Gasteiger partial charge in [0.05, 0.1) is 16.7 Å². The Morgan fingerprint density at radius 1 is 1.12 bits per heavy atom. The zero-order valence-corrected chi connectivity index (χ0v) is 13.5. The SMILES string of the molecule is O=C(O)c1ccc(CNS(=O)(=O)C2CCC(C(F)(F)F)CC2)cc1. The van der Waals surface area contributed by atoms with Crippen molar-refractivity contribution in [2.45, 2.75) is 43.7 Å². The predicted octanol–water partition coefficient (Wildman–Crippen LogP) is 2.93. The predicted molar refractivity (Wildman–Crippen MR) is 81.0 cm³/mol. The van der Waals surface area contributed by atoms with Crippen molar-refractivity contribution >= 4 is 16.0 Å². The quantitative estimate of drug-likeness (QED) is 0.840. The lowest BCUT2D eigenvalue weighted by atomic mass is 9.88. The van der Waals surface area contributed by atoms with Crippen molar-refractivity contribution in [1.29, 1.82) is 0 Å². The van der Waals surface area contributed by atoms with Crippen LogP contribution in [-0.4, -0.2) is 30.9 Å². The first-order chi connectivity index (χ1) is 11.1. The second-order valence-electron chi connectivity index (χ2n) is 5.88. The van der Waals surface area contributed by atoms with Crippen LogP contribution in [0, 0.1) is 5.92 Å². The van der Waals surface area contributed by atoms with Crippen LogP contribution >= 0.6 is 0 Å². The molecule has 1 aliphatic carbocycles. The summed E-state index contributed by atoms with van der Waals surface area (Å²) < 4.78 is 64.6. The van der Waals surface area contributed by atoms with Gasteiger partial charge in [-0.05, 0) is 43.4 Å². The number of alkyl halides is 3. The number of hydrogen-bond acceptors (Lipinski definition) is 3. The van der Waals surface area contributed by atoms with Gasteiger partial charge in [0.15, 0.2) is 0 Å². The minimum Gasteiger partial charge on any atom is -0.478 e. The molecule has 0 atom stereocenters. The van der Waals surface area contributed by atoms with E-state index in [0.717, 1.165) is 0 Å². The van der Waals surface area contributed by atoms with E-state index in [1.165, 1.54) is 24.3 Å². The molecule has 24 heavy (non-hydrogen) atoms. The van der Waals surface area contributed by atoms with Crippen LogP contribution in [0.3, 0.4) is 0 Å². The highest BCUT2D eigenvalue weighted by Crippen LogP contribution is 2.38. The number of benzene rings is 1. The van der Waals surface area contributed by atoms with Gasteiger partial charge in [-0.3, -0.25) is 0 Å². The third-order valence-electron chi connectivity index (χ3n) is 4.25. The highest BCUT2D eigenvalue weighted by Gasteiger charge is 2.43. The highest BCUT2D eigenvalue weighted by molar-refractivity contribution is 7.90. The van der Waals surface area contributed by atoms with Gasteiger partial charge in [0.2, 0.25) is 10.0 Å². The van der Waals surface area contributed by atoms with E-state index < -0.39 is 33.3 Å². The number of nitrogens with one attached hydrogen (secondary N) is 1. The summed E-state index contributed by atoms with van der Waals surface area (Å²) in [5.74, 6) is -2.50. The van der Waals surface area contributed by atoms with Gasteiger partial charge in [0.25, 0.3) is 0 Å². The standard InChI is InChI=1S/C15H18F3NO4S/c16-15(17,18)12-5-7-13(8-6-12)24(22,23)19-9-10-1-3-11(4-2-10)14(20)21/h1-4,12-13,19H,5-9H2,(H,20,21). The molecule has 2 N–H and O–H groups in total. The molecular weight excluding hydrogens is 347 g/mol. The molecule has 0 spiro atoms. The average Bonchev–Trinajstić information content (AvgIpc) is 2.53. The van der Waals surface area contributed by atoms with Crippen molar-refractivity contribution in [3.63, 3.8) is 0 Å². The van der Waals surface area contributed by atoms with Gasteiger partial charge in [-0.25, -0.2) is 17.9 Å². The molecule has 0 bridgehead atoms. The number of halogens is 3. The molecule has 5 nitrogen and oxygen atoms in total. The molecule has 0 heterocycles. The number of aromatic carboxylic acids is 1. The summed E-state index contributed by atoms with van der Waals surface area (Å²) in [6.45, 7) is -0.0264. The molecule has 1 fully saturated rings. The van der Waals surface area contributed by atoms with Crippen LogP contribution in [0.25, 0.3) is 0 Å². The Bertz CT molecular complexity index is 678. The van der Waals surface area contributed by atoms with Crippen LogP contribution in [0.4, 0.5) is 13.2 Å². The third kappa shape index (κ3) is 4.70. The second-order valence-corrected chi connectivity index (χ2v) is 7.93. The molecule has 0 saturated heterocycles. The maximum absolute atomic E-state index is 12.6. The van der Waals surface area contributed by atoms with Crippen molar-refractivity contribution in [2.24, 2.45) is 5.92 Å². The van der Waals surface area contributed by atoms with Crippen LogP contribution in [-0.2, 0) is 16.6 Å². The molecule has 1 saturated carbocycles. The smallest absolute Gasteiger partial charge is 0.391 e. The van der Waals surface area contributed by atoms with E-state index in [9.17, 15) is 26.4 Å². The maximum atomic E-state index is 12.6. The first kappa shape index (κ1) is 18.7.